The zero-order valence-corrected chi connectivity index (χ0v) is 10.2. The summed E-state index contributed by atoms with van der Waals surface area (Å²) >= 11 is 0. The Labute approximate surface area is 101 Å². The van der Waals surface area contributed by atoms with Gasteiger partial charge in [0.15, 0.2) is 17.3 Å². The quantitative estimate of drug-likeness (QED) is 0.793. The van der Waals surface area contributed by atoms with Crippen LogP contribution in [0, 0.1) is 0 Å². The molecule has 0 saturated heterocycles. The van der Waals surface area contributed by atoms with E-state index in [0.29, 0.717) is 17.1 Å². The van der Waals surface area contributed by atoms with Gasteiger partial charge in [0.25, 0.3) is 0 Å². The van der Waals surface area contributed by atoms with Crippen LogP contribution >= 0.6 is 0 Å². The molecule has 1 aromatic rings. The number of ketones is 1. The average Bonchev–Trinajstić information content (AvgIpc) is 2.82. The minimum absolute atomic E-state index is 0.104. The van der Waals surface area contributed by atoms with Crippen LogP contribution < -0.4 is 14.8 Å². The van der Waals surface area contributed by atoms with E-state index < -0.39 is 0 Å². The molecular formula is C13H17NO3. The number of carbonyl (C=O) groups excluding carboxylic acids is 1. The average molecular weight is 235 g/mol. The number of hydrogen-bond donors (Lipinski definition) is 1. The summed E-state index contributed by atoms with van der Waals surface area (Å²) in [6, 6.07) is 5.20. The number of Topliss-reactive ketones (excluding diaryl/α,β-unsaturated/α-hetero) is 1. The first-order valence-corrected chi connectivity index (χ1v) is 5.93. The molecule has 1 unspecified atom stereocenters. The van der Waals surface area contributed by atoms with Crippen molar-refractivity contribution < 1.29 is 14.3 Å². The molecule has 1 aliphatic heterocycles. The predicted octanol–water partition coefficient (Wildman–Crippen LogP) is 1.99. The molecule has 0 aliphatic carbocycles. The van der Waals surface area contributed by atoms with Crippen molar-refractivity contribution in [2.24, 2.45) is 0 Å². The fourth-order valence-electron chi connectivity index (χ4n) is 1.92. The molecule has 1 aliphatic rings. The van der Waals surface area contributed by atoms with E-state index in [0.717, 1.165) is 13.0 Å². The topological polar surface area (TPSA) is 47.6 Å². The summed E-state index contributed by atoms with van der Waals surface area (Å²) in [5.41, 5.74) is 0.669. The molecule has 4 heteroatoms. The first-order valence-electron chi connectivity index (χ1n) is 5.93. The highest BCUT2D eigenvalue weighted by molar-refractivity contribution is 6.00. The first kappa shape index (κ1) is 11.9. The van der Waals surface area contributed by atoms with Crippen molar-refractivity contribution in [2.45, 2.75) is 26.3 Å². The van der Waals surface area contributed by atoms with Crippen LogP contribution in [0.3, 0.4) is 0 Å². The number of rotatable bonds is 5. The monoisotopic (exact) mass is 235 g/mol. The molecule has 0 amide bonds. The number of nitrogens with one attached hydrogen (secondary N) is 1. The zero-order chi connectivity index (χ0) is 12.3. The van der Waals surface area contributed by atoms with E-state index in [2.05, 4.69) is 5.32 Å². The molecule has 1 atom stereocenters. The van der Waals surface area contributed by atoms with Crippen LogP contribution in [0.2, 0.25) is 0 Å². The van der Waals surface area contributed by atoms with Gasteiger partial charge in [-0.15, -0.1) is 0 Å². The van der Waals surface area contributed by atoms with E-state index in [4.69, 9.17) is 9.47 Å². The van der Waals surface area contributed by atoms with E-state index in [1.807, 2.05) is 13.8 Å². The Morgan fingerprint density at radius 3 is 2.82 bits per heavy atom. The third-order valence-electron chi connectivity index (χ3n) is 2.83. The molecule has 0 saturated carbocycles. The van der Waals surface area contributed by atoms with Gasteiger partial charge in [0.1, 0.15) is 0 Å². The van der Waals surface area contributed by atoms with Gasteiger partial charge in [-0.05, 0) is 31.2 Å². The molecule has 1 N–H and O–H groups in total. The highest BCUT2D eigenvalue weighted by Crippen LogP contribution is 2.32. The maximum atomic E-state index is 12.2. The Morgan fingerprint density at radius 1 is 1.35 bits per heavy atom. The van der Waals surface area contributed by atoms with Gasteiger partial charge in [0, 0.05) is 5.56 Å². The molecule has 0 radical (unpaired) electrons. The maximum absolute atomic E-state index is 12.2. The van der Waals surface area contributed by atoms with Gasteiger partial charge in [0.05, 0.1) is 6.04 Å². The molecule has 0 fully saturated rings. The lowest BCUT2D eigenvalue weighted by atomic mass is 10.0. The lowest BCUT2D eigenvalue weighted by molar-refractivity contribution is 0.0941. The molecule has 4 nitrogen and oxygen atoms in total. The van der Waals surface area contributed by atoms with Crippen LogP contribution in [0.5, 0.6) is 11.5 Å². The van der Waals surface area contributed by atoms with Gasteiger partial charge in [0.2, 0.25) is 6.79 Å². The number of hydrogen-bond acceptors (Lipinski definition) is 4. The van der Waals surface area contributed by atoms with Crippen molar-refractivity contribution in [2.75, 3.05) is 13.3 Å². The van der Waals surface area contributed by atoms with Crippen molar-refractivity contribution >= 4 is 5.78 Å². The minimum Gasteiger partial charge on any atom is -0.454 e. The summed E-state index contributed by atoms with van der Waals surface area (Å²) in [5, 5.41) is 3.18. The third kappa shape index (κ3) is 2.42. The summed E-state index contributed by atoms with van der Waals surface area (Å²) in [6.07, 6.45) is 0.779. The number of benzene rings is 1. The molecule has 1 aromatic carbocycles. The highest BCUT2D eigenvalue weighted by Gasteiger charge is 2.20. The van der Waals surface area contributed by atoms with Crippen molar-refractivity contribution in [1.29, 1.82) is 0 Å². The van der Waals surface area contributed by atoms with Crippen LogP contribution in [0.25, 0.3) is 0 Å². The minimum atomic E-state index is -0.125. The van der Waals surface area contributed by atoms with Crippen LogP contribution in [-0.4, -0.2) is 25.2 Å². The van der Waals surface area contributed by atoms with Gasteiger partial charge < -0.3 is 14.8 Å². The van der Waals surface area contributed by atoms with Crippen molar-refractivity contribution in [1.82, 2.24) is 5.32 Å². The van der Waals surface area contributed by atoms with Crippen molar-refractivity contribution in [3.05, 3.63) is 23.8 Å². The Morgan fingerprint density at radius 2 is 2.12 bits per heavy atom. The van der Waals surface area contributed by atoms with Gasteiger partial charge >= 0.3 is 0 Å². The lowest BCUT2D eigenvalue weighted by Gasteiger charge is -2.14. The van der Waals surface area contributed by atoms with Crippen LogP contribution in [0.15, 0.2) is 18.2 Å². The Kier molecular flexibility index (Phi) is 3.64. The molecular weight excluding hydrogens is 218 g/mol. The third-order valence-corrected chi connectivity index (χ3v) is 2.83. The molecule has 1 heterocycles. The summed E-state index contributed by atoms with van der Waals surface area (Å²) in [6.45, 7) is 5.01. The number of carbonyl (C=O) groups is 1. The first-order chi connectivity index (χ1) is 8.26. The Hall–Kier alpha value is -1.55. The molecule has 0 spiro atoms. The predicted molar refractivity (Wildman–Crippen MR) is 64.7 cm³/mol. The van der Waals surface area contributed by atoms with Gasteiger partial charge in [-0.2, -0.15) is 0 Å². The fraction of sp³-hybridized carbons (Fsp3) is 0.462. The second-order valence-electron chi connectivity index (χ2n) is 3.95. The normalized spacial score (nSPS) is 14.7. The van der Waals surface area contributed by atoms with E-state index in [9.17, 15) is 4.79 Å². The Bertz CT molecular complexity index is 417. The van der Waals surface area contributed by atoms with Gasteiger partial charge in [-0.25, -0.2) is 0 Å². The smallest absolute Gasteiger partial charge is 0.231 e. The summed E-state index contributed by atoms with van der Waals surface area (Å²) in [7, 11) is 0. The van der Waals surface area contributed by atoms with E-state index in [1.54, 1.807) is 18.2 Å². The number of ether oxygens (including phenoxy) is 2. The van der Waals surface area contributed by atoms with Gasteiger partial charge in [-0.3, -0.25) is 4.79 Å². The maximum Gasteiger partial charge on any atom is 0.231 e. The molecule has 0 aromatic heterocycles. The number of likely N-dealkylation sites (N-methyl/N-ethyl adjacent to an activating group) is 1. The van der Waals surface area contributed by atoms with Gasteiger partial charge in [-0.1, -0.05) is 13.8 Å². The molecule has 17 heavy (non-hydrogen) atoms. The number of fused-ring (bicyclic) bond motifs is 1. The zero-order valence-electron chi connectivity index (χ0n) is 10.2. The second-order valence-corrected chi connectivity index (χ2v) is 3.95. The lowest BCUT2D eigenvalue weighted by Crippen LogP contribution is -2.35. The van der Waals surface area contributed by atoms with Crippen LogP contribution in [0.4, 0.5) is 0 Å². The van der Waals surface area contributed by atoms with Crippen LogP contribution in [-0.2, 0) is 0 Å². The summed E-state index contributed by atoms with van der Waals surface area (Å²) in [4.78, 5) is 12.2. The van der Waals surface area contributed by atoms with Crippen LogP contribution in [0.1, 0.15) is 30.6 Å². The summed E-state index contributed by atoms with van der Waals surface area (Å²) < 4.78 is 10.5. The largest absolute Gasteiger partial charge is 0.454 e. The SMILES string of the molecule is CCNC(CC)C(=O)c1ccc2c(c1)OCO2. The van der Waals surface area contributed by atoms with E-state index in [-0.39, 0.29) is 18.6 Å². The standard InChI is InChI=1S/C13H17NO3/c1-3-10(14-4-2)13(15)9-5-6-11-12(7-9)17-8-16-11/h5-7,10,14H,3-4,8H2,1-2H3. The Balaban J connectivity index is 2.19. The highest BCUT2D eigenvalue weighted by atomic mass is 16.7. The second kappa shape index (κ2) is 5.19. The van der Waals surface area contributed by atoms with E-state index in [1.165, 1.54) is 0 Å². The van der Waals surface area contributed by atoms with Crippen molar-refractivity contribution in [3.8, 4) is 11.5 Å². The molecule has 0 bridgehead atoms. The molecule has 92 valence electrons. The fourth-order valence-corrected chi connectivity index (χ4v) is 1.92. The van der Waals surface area contributed by atoms with E-state index >= 15 is 0 Å². The molecule has 2 rings (SSSR count). The summed E-state index contributed by atoms with van der Waals surface area (Å²) in [5.74, 6) is 1.47. The van der Waals surface area contributed by atoms with Crippen molar-refractivity contribution in [3.63, 3.8) is 0 Å².